The van der Waals surface area contributed by atoms with E-state index in [4.69, 9.17) is 0 Å². The molecule has 0 aliphatic carbocycles. The molecule has 0 unspecified atom stereocenters. The Morgan fingerprint density at radius 2 is 1.00 bits per heavy atom. The fourth-order valence-corrected chi connectivity index (χ4v) is 0. The Hall–Kier alpha value is 2.44. The summed E-state index contributed by atoms with van der Waals surface area (Å²) in [5.41, 5.74) is 0. The van der Waals surface area contributed by atoms with Gasteiger partial charge < -0.3 is 0 Å². The molecule has 0 aromatic rings. The van der Waals surface area contributed by atoms with Crippen molar-refractivity contribution < 1.29 is 19.5 Å². The molecule has 0 atom stereocenters. The third kappa shape index (κ3) is 8.83. The molecule has 0 saturated carbocycles. The van der Waals surface area contributed by atoms with Crippen LogP contribution in [-0.2, 0) is 19.5 Å². The van der Waals surface area contributed by atoms with Crippen LogP contribution in [0.3, 0.4) is 0 Å². The van der Waals surface area contributed by atoms with Gasteiger partial charge in [0.05, 0.1) is 0 Å². The second-order valence-corrected chi connectivity index (χ2v) is 0. The van der Waals surface area contributed by atoms with E-state index in [1.165, 1.54) is 0 Å². The maximum atomic E-state index is 0. The molecule has 0 aromatic heterocycles. The summed E-state index contributed by atoms with van der Waals surface area (Å²) in [6.07, 6.45) is 0. The molecule has 0 N–H and O–H groups in total. The van der Waals surface area contributed by atoms with Gasteiger partial charge in [0.15, 0.2) is 0 Å². The van der Waals surface area contributed by atoms with Crippen LogP contribution in [0.25, 0.3) is 0 Å². The number of hydrogen-bond donors (Lipinski definition) is 0. The second-order valence-electron chi connectivity index (χ2n) is 0. The summed E-state index contributed by atoms with van der Waals surface area (Å²) in [7, 11) is 0. The Morgan fingerprint density at radius 3 is 1.00 bits per heavy atom. The molecule has 0 nitrogen and oxygen atoms in total. The van der Waals surface area contributed by atoms with Gasteiger partial charge in [-0.2, -0.15) is 0 Å². The van der Waals surface area contributed by atoms with Crippen molar-refractivity contribution in [2.45, 2.75) is 0 Å². The van der Waals surface area contributed by atoms with Gasteiger partial charge in [0, 0.05) is 19.5 Å². The topological polar surface area (TPSA) is 0 Å². The van der Waals surface area contributed by atoms with Crippen molar-refractivity contribution in [2.24, 2.45) is 0 Å². The fraction of sp³-hybridized carbons (Fsp3) is 0. The zero-order valence-corrected chi connectivity index (χ0v) is 3.67. The first-order chi connectivity index (χ1) is 0. The molecule has 0 aromatic carbocycles. The van der Waals surface area contributed by atoms with E-state index in [2.05, 4.69) is 0 Å². The first-order valence-electron chi connectivity index (χ1n) is 0. The van der Waals surface area contributed by atoms with Crippen molar-refractivity contribution in [2.75, 3.05) is 0 Å². The molecule has 0 saturated heterocycles. The fourth-order valence-electron chi connectivity index (χ4n) is 0. The molecule has 14 valence electrons. The van der Waals surface area contributed by atoms with Gasteiger partial charge in [-0.15, -0.1) is 0 Å². The van der Waals surface area contributed by atoms with Crippen LogP contribution >= 0.6 is 0 Å². The average molecular weight is 129 g/mol. The molecule has 4 heavy (non-hydrogen) atoms. The summed E-state index contributed by atoms with van der Waals surface area (Å²) in [6.45, 7) is 0. The Kier molecular flexibility index (Phi) is 144. The predicted molar refractivity (Wildman–Crippen MR) is 25.6 cm³/mol. The summed E-state index contributed by atoms with van der Waals surface area (Å²) in [5.74, 6) is 0. The van der Waals surface area contributed by atoms with Gasteiger partial charge in [-0.1, -0.05) is 0 Å². The molecule has 0 amide bonds. The van der Waals surface area contributed by atoms with E-state index in [1.807, 2.05) is 0 Å². The van der Waals surface area contributed by atoms with Crippen molar-refractivity contribution >= 4 is 59.4 Å². The van der Waals surface area contributed by atoms with E-state index in [9.17, 15) is 0 Å². The summed E-state index contributed by atoms with van der Waals surface area (Å²) >= 11 is 0. The molecule has 0 bridgehead atoms. The van der Waals surface area contributed by atoms with Crippen molar-refractivity contribution in [1.82, 2.24) is 0 Å². The quantitative estimate of drug-likeness (QED) is 0.311. The van der Waals surface area contributed by atoms with Gasteiger partial charge in [-0.05, 0) is 11.0 Å². The van der Waals surface area contributed by atoms with Crippen molar-refractivity contribution in [3.8, 4) is 0 Å². The Morgan fingerprint density at radius 1 is 1.00 bits per heavy atom. The van der Waals surface area contributed by atoms with E-state index < -0.39 is 0 Å². The van der Waals surface area contributed by atoms with Crippen LogP contribution in [0.4, 0.5) is 0 Å². The van der Waals surface area contributed by atoms with E-state index in [0.717, 1.165) is 0 Å². The summed E-state index contributed by atoms with van der Waals surface area (Å²) in [4.78, 5) is 0. The minimum atomic E-state index is 0. The maximum absolute atomic E-state index is 0. The summed E-state index contributed by atoms with van der Waals surface area (Å²) in [5, 5.41) is 0. The van der Waals surface area contributed by atoms with Crippen LogP contribution in [0.1, 0.15) is 0 Å². The van der Waals surface area contributed by atoms with E-state index >= 15 is 0 Å². The number of rotatable bonds is 0. The Balaban J connectivity index is 0. The average Bonchev–Trinajstić information content (AvgIpc) is 0. The predicted octanol–water partition coefficient (Wildman–Crippen LogP) is -2.75. The first-order valence-corrected chi connectivity index (χ1v) is 0. The van der Waals surface area contributed by atoms with E-state index in [0.29, 0.717) is 0 Å². The largest absolute Gasteiger partial charge is 0.0149 e. The van der Waals surface area contributed by atoms with Gasteiger partial charge in [-0.25, -0.2) is 0 Å². The third-order valence-corrected chi connectivity index (χ3v) is 0. The normalized spacial score (nSPS) is 0. The van der Waals surface area contributed by atoms with Gasteiger partial charge in [-0.3, -0.25) is 0 Å². The molecule has 0 aliphatic rings. The zero-order chi connectivity index (χ0) is 0. The van der Waals surface area contributed by atoms with Gasteiger partial charge in [0.1, 0.15) is 0 Å². The zero-order valence-electron chi connectivity index (χ0n) is 0.707. The molecule has 0 radical (unpaired) electrons. The summed E-state index contributed by atoms with van der Waals surface area (Å²) in [6, 6.07) is 0. The monoisotopic (exact) mass is 128 g/mol. The number of hydrogen-bond acceptors (Lipinski definition) is 0. The molecular formula is H6LiNaSiZn. The van der Waals surface area contributed by atoms with Gasteiger partial charge in [0.2, 0.25) is 0 Å². The standard InChI is InChI=1S/Li.Na.H4Si.Zn.2H/h;;1H4;;;. The molecule has 0 fully saturated rings. The molecule has 0 spiro atoms. The van der Waals surface area contributed by atoms with E-state index in [1.54, 1.807) is 0 Å². The molecule has 0 aliphatic heterocycles. The van der Waals surface area contributed by atoms with E-state index in [-0.39, 0.29) is 78.9 Å². The minimum Gasteiger partial charge on any atom is -0.0149 e. The van der Waals surface area contributed by atoms with Crippen molar-refractivity contribution in [3.05, 3.63) is 0 Å². The van der Waals surface area contributed by atoms with Crippen molar-refractivity contribution in [1.29, 1.82) is 0 Å². The van der Waals surface area contributed by atoms with Crippen LogP contribution in [0.15, 0.2) is 0 Å². The molecule has 0 heterocycles. The summed E-state index contributed by atoms with van der Waals surface area (Å²) < 4.78 is 0. The minimum absolute atomic E-state index is 0. The smallest absolute Gasteiger partial charge is 0 e. The SMILES string of the molecule is [LiH].[NaH].[SiH4].[Zn]. The van der Waals surface area contributed by atoms with Crippen LogP contribution in [0.2, 0.25) is 0 Å². The van der Waals surface area contributed by atoms with Gasteiger partial charge >= 0.3 is 48.4 Å². The Labute approximate surface area is 77.7 Å². The maximum Gasteiger partial charge on any atom is 0 e. The molecule has 4 heteroatoms. The van der Waals surface area contributed by atoms with Gasteiger partial charge in [0.25, 0.3) is 0 Å². The van der Waals surface area contributed by atoms with Crippen LogP contribution in [0.5, 0.6) is 0 Å². The third-order valence-electron chi connectivity index (χ3n) is 0. The second kappa shape index (κ2) is 18.0. The van der Waals surface area contributed by atoms with Crippen molar-refractivity contribution in [3.63, 3.8) is 0 Å². The first kappa shape index (κ1) is 32.0. The van der Waals surface area contributed by atoms with Crippen LogP contribution in [0, 0.1) is 0 Å². The van der Waals surface area contributed by atoms with Crippen LogP contribution < -0.4 is 0 Å². The molecular weight excluding hydrogens is 123 g/mol. The van der Waals surface area contributed by atoms with Crippen LogP contribution in [-0.4, -0.2) is 59.4 Å². The Bertz CT molecular complexity index is 8.00. The molecule has 0 rings (SSSR count).